The number of non-ortho nitro benzene ring substituents is 1. The first-order valence-corrected chi connectivity index (χ1v) is 11.6. The van der Waals surface area contributed by atoms with Crippen molar-refractivity contribution in [3.8, 4) is 0 Å². The summed E-state index contributed by atoms with van der Waals surface area (Å²) in [4.78, 5) is 41.7. The Bertz CT molecular complexity index is 1390. The largest absolute Gasteiger partial charge is 0.455 e. The van der Waals surface area contributed by atoms with Crippen LogP contribution in [-0.2, 0) is 16.1 Å². The Morgan fingerprint density at radius 3 is 2.64 bits per heavy atom. The van der Waals surface area contributed by atoms with Crippen LogP contribution in [0, 0.1) is 24.0 Å². The highest BCUT2D eigenvalue weighted by Gasteiger charge is 2.21. The molecule has 0 saturated heterocycles. The van der Waals surface area contributed by atoms with Crippen molar-refractivity contribution in [3.05, 3.63) is 79.7 Å². The number of anilines is 2. The standard InChI is InChI=1S/C23H19N3O5S2/c1-13-4-6-19(14(2)8-13)25(15(3)27)23-24-17(12-32-23)11-31-22(28)21-10-16-9-18(26(29)30)5-7-20(16)33-21/h4-10,12H,11H2,1-3H3. The number of thiophene rings is 1. The Morgan fingerprint density at radius 2 is 1.94 bits per heavy atom. The lowest BCUT2D eigenvalue weighted by Gasteiger charge is -2.20. The fourth-order valence-corrected chi connectivity index (χ4v) is 5.19. The number of rotatable bonds is 6. The van der Waals surface area contributed by atoms with Crippen molar-refractivity contribution >= 4 is 61.1 Å². The molecule has 2 aromatic carbocycles. The molecule has 0 spiro atoms. The number of carbonyl (C=O) groups is 2. The molecule has 4 rings (SSSR count). The Labute approximate surface area is 197 Å². The summed E-state index contributed by atoms with van der Waals surface area (Å²) in [5.74, 6) is -0.703. The van der Waals surface area contributed by atoms with E-state index < -0.39 is 10.9 Å². The van der Waals surface area contributed by atoms with Crippen molar-refractivity contribution in [2.24, 2.45) is 0 Å². The van der Waals surface area contributed by atoms with E-state index in [1.165, 1.54) is 41.7 Å². The number of fused-ring (bicyclic) bond motifs is 1. The van der Waals surface area contributed by atoms with E-state index in [1.54, 1.807) is 22.4 Å². The first kappa shape index (κ1) is 22.6. The van der Waals surface area contributed by atoms with Gasteiger partial charge in [0.05, 0.1) is 16.3 Å². The molecule has 0 aliphatic carbocycles. The zero-order valence-electron chi connectivity index (χ0n) is 18.0. The van der Waals surface area contributed by atoms with Crippen LogP contribution in [0.3, 0.4) is 0 Å². The molecule has 0 saturated carbocycles. The smallest absolute Gasteiger partial charge is 0.348 e. The molecule has 33 heavy (non-hydrogen) atoms. The number of carbonyl (C=O) groups excluding carboxylic acids is 2. The number of nitro groups is 1. The maximum Gasteiger partial charge on any atom is 0.348 e. The number of nitrogens with zero attached hydrogens (tertiary/aromatic N) is 3. The number of hydrogen-bond acceptors (Lipinski definition) is 8. The summed E-state index contributed by atoms with van der Waals surface area (Å²) in [5.41, 5.74) is 3.30. The van der Waals surface area contributed by atoms with Crippen molar-refractivity contribution in [2.75, 3.05) is 4.90 Å². The van der Waals surface area contributed by atoms with E-state index >= 15 is 0 Å². The minimum atomic E-state index is -0.536. The highest BCUT2D eigenvalue weighted by atomic mass is 32.1. The van der Waals surface area contributed by atoms with Gasteiger partial charge in [0.2, 0.25) is 5.91 Å². The van der Waals surface area contributed by atoms with Gasteiger partial charge in [-0.3, -0.25) is 19.8 Å². The fraction of sp³-hybridized carbons (Fsp3) is 0.174. The molecule has 0 N–H and O–H groups in total. The molecule has 10 heteroatoms. The minimum Gasteiger partial charge on any atom is -0.455 e. The normalized spacial score (nSPS) is 10.9. The van der Waals surface area contributed by atoms with Gasteiger partial charge < -0.3 is 4.74 Å². The van der Waals surface area contributed by atoms with Crippen LogP contribution in [0.25, 0.3) is 10.1 Å². The molecule has 0 bridgehead atoms. The molecule has 8 nitrogen and oxygen atoms in total. The van der Waals surface area contributed by atoms with Crippen molar-refractivity contribution in [2.45, 2.75) is 27.4 Å². The third kappa shape index (κ3) is 4.76. The van der Waals surface area contributed by atoms with Crippen molar-refractivity contribution in [1.82, 2.24) is 4.98 Å². The summed E-state index contributed by atoms with van der Waals surface area (Å²) >= 11 is 2.50. The summed E-state index contributed by atoms with van der Waals surface area (Å²) in [6.07, 6.45) is 0. The van der Waals surface area contributed by atoms with Crippen molar-refractivity contribution < 1.29 is 19.2 Å². The average Bonchev–Trinajstić information content (AvgIpc) is 3.40. The number of thiazole rings is 1. The second kappa shape index (κ2) is 9.08. The lowest BCUT2D eigenvalue weighted by molar-refractivity contribution is -0.384. The Kier molecular flexibility index (Phi) is 6.21. The van der Waals surface area contributed by atoms with Crippen LogP contribution in [-0.4, -0.2) is 21.8 Å². The minimum absolute atomic E-state index is 0.0333. The molecule has 0 fully saturated rings. The zero-order chi connectivity index (χ0) is 23.7. The van der Waals surface area contributed by atoms with Gasteiger partial charge in [0.1, 0.15) is 11.5 Å². The molecule has 168 valence electrons. The average molecular weight is 482 g/mol. The number of esters is 1. The number of benzene rings is 2. The third-order valence-corrected chi connectivity index (χ3v) is 6.87. The van der Waals surface area contributed by atoms with E-state index in [0.717, 1.165) is 21.5 Å². The van der Waals surface area contributed by atoms with E-state index in [4.69, 9.17) is 4.74 Å². The van der Waals surface area contributed by atoms with Crippen LogP contribution >= 0.6 is 22.7 Å². The van der Waals surface area contributed by atoms with Gasteiger partial charge in [0.15, 0.2) is 5.13 Å². The van der Waals surface area contributed by atoms with Crippen LogP contribution in [0.4, 0.5) is 16.5 Å². The molecule has 1 amide bonds. The van der Waals surface area contributed by atoms with E-state index in [2.05, 4.69) is 4.98 Å². The summed E-state index contributed by atoms with van der Waals surface area (Å²) in [5, 5.41) is 13.8. The third-order valence-electron chi connectivity index (χ3n) is 4.90. The monoisotopic (exact) mass is 481 g/mol. The molecule has 0 atom stereocenters. The number of aryl methyl sites for hydroxylation is 2. The van der Waals surface area contributed by atoms with Crippen molar-refractivity contribution in [1.29, 1.82) is 0 Å². The maximum absolute atomic E-state index is 12.5. The van der Waals surface area contributed by atoms with Crippen molar-refractivity contribution in [3.63, 3.8) is 0 Å². The first-order valence-electron chi connectivity index (χ1n) is 9.90. The summed E-state index contributed by atoms with van der Waals surface area (Å²) in [6.45, 7) is 5.35. The van der Waals surface area contributed by atoms with Crippen LogP contribution in [0.15, 0.2) is 47.8 Å². The van der Waals surface area contributed by atoms with Gasteiger partial charge in [-0.2, -0.15) is 0 Å². The topological polar surface area (TPSA) is 103 Å². The maximum atomic E-state index is 12.5. The summed E-state index contributed by atoms with van der Waals surface area (Å²) in [6, 6.07) is 11.9. The van der Waals surface area contributed by atoms with E-state index in [0.29, 0.717) is 21.1 Å². The zero-order valence-corrected chi connectivity index (χ0v) is 19.7. The number of ether oxygens (including phenoxy) is 1. The van der Waals surface area contributed by atoms with Gasteiger partial charge in [-0.15, -0.1) is 22.7 Å². The van der Waals surface area contributed by atoms with Gasteiger partial charge in [-0.1, -0.05) is 17.7 Å². The number of hydrogen-bond donors (Lipinski definition) is 0. The second-order valence-corrected chi connectivity index (χ2v) is 9.35. The van der Waals surface area contributed by atoms with E-state index in [1.807, 2.05) is 32.0 Å². The van der Waals surface area contributed by atoms with Gasteiger partial charge >= 0.3 is 5.97 Å². The lowest BCUT2D eigenvalue weighted by Crippen LogP contribution is -2.23. The SMILES string of the molecule is CC(=O)N(c1nc(COC(=O)c2cc3cc([N+](=O)[O-])ccc3s2)cs1)c1ccc(C)cc1C. The molecule has 0 aliphatic heterocycles. The van der Waals surface area contributed by atoms with E-state index in [-0.39, 0.29) is 18.2 Å². The Morgan fingerprint density at radius 1 is 1.15 bits per heavy atom. The summed E-state index contributed by atoms with van der Waals surface area (Å²) < 4.78 is 6.16. The Hall–Kier alpha value is -3.63. The number of aromatic nitrogens is 1. The number of nitro benzene ring substituents is 1. The van der Waals surface area contributed by atoms with Crippen LogP contribution in [0.5, 0.6) is 0 Å². The molecule has 0 unspecified atom stereocenters. The van der Waals surface area contributed by atoms with Crippen LogP contribution in [0.2, 0.25) is 0 Å². The molecule has 2 aromatic heterocycles. The van der Waals surface area contributed by atoms with Gasteiger partial charge in [-0.05, 0) is 37.6 Å². The van der Waals surface area contributed by atoms with Gasteiger partial charge in [-0.25, -0.2) is 9.78 Å². The quantitative estimate of drug-likeness (QED) is 0.192. The highest BCUT2D eigenvalue weighted by Crippen LogP contribution is 2.32. The van der Waals surface area contributed by atoms with E-state index in [9.17, 15) is 19.7 Å². The first-order chi connectivity index (χ1) is 15.7. The fourth-order valence-electron chi connectivity index (χ4n) is 3.38. The van der Waals surface area contributed by atoms with Crippen LogP contribution < -0.4 is 4.90 Å². The molecule has 0 radical (unpaired) electrons. The molecule has 0 aliphatic rings. The van der Waals surface area contributed by atoms with Gasteiger partial charge in [0, 0.05) is 34.5 Å². The predicted molar refractivity (Wildman–Crippen MR) is 128 cm³/mol. The van der Waals surface area contributed by atoms with Crippen LogP contribution in [0.1, 0.15) is 33.4 Å². The van der Waals surface area contributed by atoms with Gasteiger partial charge in [0.25, 0.3) is 5.69 Å². The molecule has 2 heterocycles. The highest BCUT2D eigenvalue weighted by molar-refractivity contribution is 7.20. The Balaban J connectivity index is 1.49. The summed E-state index contributed by atoms with van der Waals surface area (Å²) in [7, 11) is 0. The number of amides is 1. The second-order valence-electron chi connectivity index (χ2n) is 7.43. The lowest BCUT2D eigenvalue weighted by atomic mass is 10.1. The molecular weight excluding hydrogens is 462 g/mol. The molecule has 4 aromatic rings. The predicted octanol–water partition coefficient (Wildman–Crippen LogP) is 5.92. The molecular formula is C23H19N3O5S2.